The lowest BCUT2D eigenvalue weighted by atomic mass is 10.2. The summed E-state index contributed by atoms with van der Waals surface area (Å²) < 4.78 is 5.05. The van der Waals surface area contributed by atoms with E-state index in [-0.39, 0.29) is 12.1 Å². The molecule has 4 nitrogen and oxygen atoms in total. The molecule has 0 aliphatic carbocycles. The van der Waals surface area contributed by atoms with Crippen LogP contribution in [-0.4, -0.2) is 18.7 Å². The molecule has 0 saturated carbocycles. The van der Waals surface area contributed by atoms with Gasteiger partial charge >= 0.3 is 6.09 Å². The molecule has 3 N–H and O–H groups in total. The van der Waals surface area contributed by atoms with Crippen molar-refractivity contribution in [3.05, 3.63) is 35.9 Å². The number of nitrogens with two attached hydrogens (primary N) is 1. The van der Waals surface area contributed by atoms with Crippen molar-refractivity contribution in [2.24, 2.45) is 5.73 Å². The van der Waals surface area contributed by atoms with E-state index in [0.29, 0.717) is 13.2 Å². The van der Waals surface area contributed by atoms with Crippen LogP contribution < -0.4 is 11.1 Å². The van der Waals surface area contributed by atoms with E-state index in [1.165, 1.54) is 0 Å². The number of carbonyl (C=O) groups is 1. The Hall–Kier alpha value is -1.55. The van der Waals surface area contributed by atoms with E-state index < -0.39 is 0 Å². The van der Waals surface area contributed by atoms with Crippen LogP contribution in [-0.2, 0) is 11.3 Å². The Labute approximate surface area is 102 Å². The van der Waals surface area contributed by atoms with Crippen molar-refractivity contribution in [3.8, 4) is 0 Å². The number of alkyl carbamates (subject to hydrolysis) is 1. The number of hydrogen-bond acceptors (Lipinski definition) is 3. The third-order valence-corrected chi connectivity index (χ3v) is 2.32. The van der Waals surface area contributed by atoms with E-state index in [9.17, 15) is 4.79 Å². The van der Waals surface area contributed by atoms with Crippen molar-refractivity contribution in [2.75, 3.05) is 6.54 Å². The van der Waals surface area contributed by atoms with Crippen molar-refractivity contribution >= 4 is 6.09 Å². The Balaban J connectivity index is 2.09. The van der Waals surface area contributed by atoms with Crippen LogP contribution in [0.5, 0.6) is 0 Å². The lowest BCUT2D eigenvalue weighted by Crippen LogP contribution is -2.26. The highest BCUT2D eigenvalue weighted by molar-refractivity contribution is 5.67. The molecule has 0 aliphatic heterocycles. The van der Waals surface area contributed by atoms with Gasteiger partial charge in [-0.05, 0) is 25.3 Å². The fourth-order valence-electron chi connectivity index (χ4n) is 1.39. The highest BCUT2D eigenvalue weighted by Crippen LogP contribution is 2.00. The van der Waals surface area contributed by atoms with Gasteiger partial charge in [0.25, 0.3) is 0 Å². The lowest BCUT2D eigenvalue weighted by Gasteiger charge is -2.08. The molecule has 17 heavy (non-hydrogen) atoms. The zero-order valence-electron chi connectivity index (χ0n) is 10.2. The standard InChI is InChI=1S/C13H20N2O2/c1-11(14)6-5-9-15-13(16)17-10-12-7-3-2-4-8-12/h2-4,7-8,11H,5-6,9-10,14H2,1H3,(H,15,16)/t11-/m1/s1. The van der Waals surface area contributed by atoms with Crippen LogP contribution in [0.2, 0.25) is 0 Å². The Morgan fingerprint density at radius 2 is 2.12 bits per heavy atom. The van der Waals surface area contributed by atoms with Crippen LogP contribution in [0.25, 0.3) is 0 Å². The maximum Gasteiger partial charge on any atom is 0.407 e. The van der Waals surface area contributed by atoms with Gasteiger partial charge in [0.2, 0.25) is 0 Å². The molecule has 1 amide bonds. The van der Waals surface area contributed by atoms with Gasteiger partial charge in [-0.25, -0.2) is 4.79 Å². The average molecular weight is 236 g/mol. The largest absolute Gasteiger partial charge is 0.445 e. The smallest absolute Gasteiger partial charge is 0.407 e. The summed E-state index contributed by atoms with van der Waals surface area (Å²) in [5.41, 5.74) is 6.58. The van der Waals surface area contributed by atoms with Gasteiger partial charge in [-0.2, -0.15) is 0 Å². The average Bonchev–Trinajstić information content (AvgIpc) is 2.33. The number of nitrogens with one attached hydrogen (secondary N) is 1. The summed E-state index contributed by atoms with van der Waals surface area (Å²) in [6.45, 7) is 2.86. The van der Waals surface area contributed by atoms with Crippen LogP contribution >= 0.6 is 0 Å². The second-order valence-electron chi connectivity index (χ2n) is 4.11. The van der Waals surface area contributed by atoms with Gasteiger partial charge in [-0.1, -0.05) is 30.3 Å². The number of benzene rings is 1. The van der Waals surface area contributed by atoms with Crippen molar-refractivity contribution in [1.29, 1.82) is 0 Å². The van der Waals surface area contributed by atoms with Gasteiger partial charge in [0.05, 0.1) is 0 Å². The quantitative estimate of drug-likeness (QED) is 0.743. The number of amides is 1. The van der Waals surface area contributed by atoms with E-state index in [4.69, 9.17) is 10.5 Å². The minimum atomic E-state index is -0.376. The van der Waals surface area contributed by atoms with E-state index >= 15 is 0 Å². The van der Waals surface area contributed by atoms with Crippen LogP contribution in [0, 0.1) is 0 Å². The third kappa shape index (κ3) is 6.58. The van der Waals surface area contributed by atoms with Crippen molar-refractivity contribution in [1.82, 2.24) is 5.32 Å². The fourth-order valence-corrected chi connectivity index (χ4v) is 1.39. The number of ether oxygens (including phenoxy) is 1. The van der Waals surface area contributed by atoms with Crippen molar-refractivity contribution in [2.45, 2.75) is 32.4 Å². The van der Waals surface area contributed by atoms with Crippen molar-refractivity contribution < 1.29 is 9.53 Å². The second kappa shape index (κ2) is 7.68. The predicted octanol–water partition coefficient (Wildman–Crippen LogP) is 2.04. The van der Waals surface area contributed by atoms with Crippen molar-refractivity contribution in [3.63, 3.8) is 0 Å². The minimum absolute atomic E-state index is 0.178. The Bertz CT molecular complexity index is 325. The first-order valence-corrected chi connectivity index (χ1v) is 5.88. The highest BCUT2D eigenvalue weighted by atomic mass is 16.5. The normalized spacial score (nSPS) is 11.9. The molecule has 1 rings (SSSR count). The molecular formula is C13H20N2O2. The summed E-state index contributed by atoms with van der Waals surface area (Å²) in [4.78, 5) is 11.3. The molecule has 0 unspecified atom stereocenters. The zero-order chi connectivity index (χ0) is 12.5. The minimum Gasteiger partial charge on any atom is -0.445 e. The lowest BCUT2D eigenvalue weighted by molar-refractivity contribution is 0.139. The van der Waals surface area contributed by atoms with Crippen LogP contribution in [0.3, 0.4) is 0 Å². The van der Waals surface area contributed by atoms with E-state index in [1.807, 2.05) is 37.3 Å². The number of rotatable bonds is 6. The molecule has 1 aromatic carbocycles. The van der Waals surface area contributed by atoms with Crippen LogP contribution in [0.15, 0.2) is 30.3 Å². The Morgan fingerprint density at radius 1 is 1.41 bits per heavy atom. The SMILES string of the molecule is C[C@@H](N)CCCNC(=O)OCc1ccccc1. The topological polar surface area (TPSA) is 64.3 Å². The molecule has 0 radical (unpaired) electrons. The van der Waals surface area contributed by atoms with Crippen LogP contribution in [0.1, 0.15) is 25.3 Å². The first kappa shape index (κ1) is 13.5. The Morgan fingerprint density at radius 3 is 2.76 bits per heavy atom. The summed E-state index contributed by atoms with van der Waals surface area (Å²) in [7, 11) is 0. The van der Waals surface area contributed by atoms with Gasteiger partial charge in [-0.3, -0.25) is 0 Å². The second-order valence-corrected chi connectivity index (χ2v) is 4.11. The molecule has 1 atom stereocenters. The highest BCUT2D eigenvalue weighted by Gasteiger charge is 2.01. The molecule has 0 saturated heterocycles. The molecule has 0 aliphatic rings. The van der Waals surface area contributed by atoms with Crippen LogP contribution in [0.4, 0.5) is 4.79 Å². The monoisotopic (exact) mass is 236 g/mol. The first-order valence-electron chi connectivity index (χ1n) is 5.88. The van der Waals surface area contributed by atoms with E-state index in [0.717, 1.165) is 18.4 Å². The first-order chi connectivity index (χ1) is 8.18. The van der Waals surface area contributed by atoms with Gasteiger partial charge in [-0.15, -0.1) is 0 Å². The van der Waals surface area contributed by atoms with Gasteiger partial charge in [0, 0.05) is 12.6 Å². The summed E-state index contributed by atoms with van der Waals surface area (Å²) in [6.07, 6.45) is 1.40. The Kier molecular flexibility index (Phi) is 6.10. The maximum atomic E-state index is 11.3. The molecule has 0 fully saturated rings. The van der Waals surface area contributed by atoms with E-state index in [2.05, 4.69) is 5.32 Å². The molecule has 0 aromatic heterocycles. The summed E-state index contributed by atoms with van der Waals surface area (Å²) >= 11 is 0. The predicted molar refractivity (Wildman–Crippen MR) is 67.5 cm³/mol. The van der Waals surface area contributed by atoms with Gasteiger partial charge in [0.1, 0.15) is 6.61 Å². The molecule has 1 aromatic rings. The summed E-state index contributed by atoms with van der Waals surface area (Å²) in [5.74, 6) is 0. The zero-order valence-corrected chi connectivity index (χ0v) is 10.2. The fraction of sp³-hybridized carbons (Fsp3) is 0.462. The summed E-state index contributed by atoms with van der Waals surface area (Å²) in [5, 5.41) is 2.69. The molecular weight excluding hydrogens is 216 g/mol. The maximum absolute atomic E-state index is 11.3. The molecule has 94 valence electrons. The third-order valence-electron chi connectivity index (χ3n) is 2.32. The molecule has 4 heteroatoms. The molecule has 0 spiro atoms. The van der Waals surface area contributed by atoms with Gasteiger partial charge < -0.3 is 15.8 Å². The van der Waals surface area contributed by atoms with E-state index in [1.54, 1.807) is 0 Å². The molecule has 0 bridgehead atoms. The number of carbonyl (C=O) groups excluding carboxylic acids is 1. The molecule has 0 heterocycles. The summed E-state index contributed by atoms with van der Waals surface area (Å²) in [6, 6.07) is 9.78. The van der Waals surface area contributed by atoms with Gasteiger partial charge in [0.15, 0.2) is 0 Å². The number of hydrogen-bond donors (Lipinski definition) is 2.